The molecule has 0 atom stereocenters. The number of benzene rings is 8. The Labute approximate surface area is 394 Å². The van der Waals surface area contributed by atoms with E-state index in [0.29, 0.717) is 22.7 Å². The summed E-state index contributed by atoms with van der Waals surface area (Å²) < 4.78 is 57.1. The van der Waals surface area contributed by atoms with Crippen LogP contribution >= 0.6 is 0 Å². The third kappa shape index (κ3) is 7.30. The van der Waals surface area contributed by atoms with Gasteiger partial charge in [-0.3, -0.25) is 13.7 Å². The molecule has 66 heavy (non-hydrogen) atoms. The Hall–Kier alpha value is -7.80. The van der Waals surface area contributed by atoms with Crippen molar-refractivity contribution in [3.63, 3.8) is 0 Å². The molecule has 0 bridgehead atoms. The second-order valence-electron chi connectivity index (χ2n) is 18.3. The van der Waals surface area contributed by atoms with Crippen LogP contribution in [-0.4, -0.2) is 22.2 Å². The highest BCUT2D eigenvalue weighted by atomic mass is 28.3. The average molecular weight is 876 g/mol. The van der Waals surface area contributed by atoms with Crippen LogP contribution in [0.5, 0.6) is 11.5 Å². The van der Waals surface area contributed by atoms with E-state index in [9.17, 15) is 2.74 Å². The Morgan fingerprint density at radius 1 is 0.591 bits per heavy atom. The van der Waals surface area contributed by atoms with Crippen LogP contribution in [0.1, 0.15) is 33.2 Å². The van der Waals surface area contributed by atoms with Crippen LogP contribution in [0, 0.1) is 6.33 Å². The molecule has 11 rings (SSSR count). The minimum atomic E-state index is -2.16. The van der Waals surface area contributed by atoms with Gasteiger partial charge in [-0.1, -0.05) is 196 Å². The predicted molar refractivity (Wildman–Crippen MR) is 275 cm³/mol. The van der Waals surface area contributed by atoms with E-state index >= 15 is 0 Å². The van der Waals surface area contributed by atoms with Crippen molar-refractivity contribution in [2.24, 2.45) is 0 Å². The standard InChI is InChI=1S/C60H50N4OSi/c1-60(2,3)44-35-36-61-58(38-44)64-54-30-13-12-27-52(54)53-34-33-47(40-57(53)64)65-46-23-17-22-45(39-46)62-41-63(56-32-15-14-31-55(56)62)59-50(42-19-8-6-9-20-42)28-18-29-51(59)43-21-16-26-49(37-43)66(4,5)48-24-10-7-11-25-48/h6-40H,1-5H3/i6D,8D,9D,19D,20D. The van der Waals surface area contributed by atoms with Crippen LogP contribution in [0.2, 0.25) is 13.1 Å². The van der Waals surface area contributed by atoms with Crippen molar-refractivity contribution in [1.29, 1.82) is 0 Å². The summed E-state index contributed by atoms with van der Waals surface area (Å²) in [6.45, 7) is 11.3. The molecule has 0 fully saturated rings. The zero-order valence-electron chi connectivity index (χ0n) is 42.5. The first-order valence-corrected chi connectivity index (χ1v) is 25.3. The van der Waals surface area contributed by atoms with Crippen molar-refractivity contribution in [3.8, 4) is 50.9 Å². The van der Waals surface area contributed by atoms with Gasteiger partial charge >= 0.3 is 0 Å². The Morgan fingerprint density at radius 3 is 2.09 bits per heavy atom. The molecule has 0 amide bonds. The SMILES string of the molecule is [2H]c1c([2H])c([2H])c(-c2cccc(-c3cccc([Si](C)(C)c4ccccc4)c3)c2-[n+]2[c-]n(-c3cccc(Oc4ccc5c6ccccc6n(-c6cc(C(C)(C)C)ccn6)c5c4)c3)c3ccccc32)c([2H])c1[2H]. The van der Waals surface area contributed by atoms with Gasteiger partial charge in [0.05, 0.1) is 40.3 Å². The average Bonchev–Trinajstić information content (AvgIpc) is 3.93. The van der Waals surface area contributed by atoms with Crippen LogP contribution in [0.3, 0.4) is 0 Å². The molecule has 320 valence electrons. The lowest BCUT2D eigenvalue weighted by atomic mass is 9.88. The molecule has 8 aromatic carbocycles. The van der Waals surface area contributed by atoms with Gasteiger partial charge in [-0.2, -0.15) is 0 Å². The quantitative estimate of drug-likeness (QED) is 0.0823. The van der Waals surface area contributed by atoms with E-state index in [2.05, 4.69) is 142 Å². The fourth-order valence-corrected chi connectivity index (χ4v) is 11.6. The fraction of sp³-hybridized carbons (Fsp3) is 0.100. The molecule has 0 aliphatic rings. The molecular formula is C60H50N4OSi. The van der Waals surface area contributed by atoms with Crippen molar-refractivity contribution < 1.29 is 16.2 Å². The number of fused-ring (bicyclic) bond motifs is 4. The minimum Gasteiger partial charge on any atom is -0.458 e. The second kappa shape index (κ2) is 16.3. The Morgan fingerprint density at radius 2 is 1.27 bits per heavy atom. The first kappa shape index (κ1) is 35.5. The van der Waals surface area contributed by atoms with Gasteiger partial charge in [0.1, 0.15) is 25.4 Å². The lowest BCUT2D eigenvalue weighted by Gasteiger charge is -2.25. The summed E-state index contributed by atoms with van der Waals surface area (Å²) in [4.78, 5) is 4.87. The van der Waals surface area contributed by atoms with Crippen LogP contribution in [-0.2, 0) is 5.41 Å². The van der Waals surface area contributed by atoms with Crippen molar-refractivity contribution >= 4 is 51.3 Å². The number of ether oxygens (including phenoxy) is 1. The number of pyridine rings is 1. The molecular weight excluding hydrogens is 821 g/mol. The molecule has 0 unspecified atom stereocenters. The van der Waals surface area contributed by atoms with E-state index in [1.165, 1.54) is 15.9 Å². The molecule has 11 aromatic rings. The molecule has 5 nitrogen and oxygen atoms in total. The van der Waals surface area contributed by atoms with E-state index in [0.717, 1.165) is 55.5 Å². The Kier molecular flexibility index (Phi) is 8.79. The zero-order valence-corrected chi connectivity index (χ0v) is 38.5. The lowest BCUT2D eigenvalue weighted by molar-refractivity contribution is -0.571. The highest BCUT2D eigenvalue weighted by Crippen LogP contribution is 2.38. The highest BCUT2D eigenvalue weighted by Gasteiger charge is 2.27. The van der Waals surface area contributed by atoms with Crippen molar-refractivity contribution in [2.45, 2.75) is 39.3 Å². The molecule has 0 N–H and O–H groups in total. The van der Waals surface area contributed by atoms with Crippen molar-refractivity contribution in [2.75, 3.05) is 0 Å². The maximum absolute atomic E-state index is 9.19. The van der Waals surface area contributed by atoms with Crippen molar-refractivity contribution in [3.05, 3.63) is 224 Å². The van der Waals surface area contributed by atoms with Gasteiger partial charge in [0.2, 0.25) is 0 Å². The van der Waals surface area contributed by atoms with Gasteiger partial charge in [-0.05, 0) is 81.8 Å². The summed E-state index contributed by atoms with van der Waals surface area (Å²) in [6.07, 6.45) is 5.57. The van der Waals surface area contributed by atoms with Gasteiger partial charge in [0, 0.05) is 23.0 Å². The summed E-state index contributed by atoms with van der Waals surface area (Å²) in [5, 5.41) is 4.77. The van der Waals surface area contributed by atoms with Crippen LogP contribution < -0.4 is 19.7 Å². The molecule has 0 saturated heterocycles. The van der Waals surface area contributed by atoms with Crippen LogP contribution in [0.4, 0.5) is 0 Å². The Bertz CT molecular complexity index is 3870. The predicted octanol–water partition coefficient (Wildman–Crippen LogP) is 13.4. The third-order valence-corrected chi connectivity index (χ3v) is 16.3. The van der Waals surface area contributed by atoms with E-state index in [-0.39, 0.29) is 23.1 Å². The number of imidazole rings is 1. The number of rotatable bonds is 9. The van der Waals surface area contributed by atoms with E-state index in [1.54, 1.807) is 0 Å². The maximum Gasteiger partial charge on any atom is 0.269 e. The molecule has 0 aliphatic heterocycles. The highest BCUT2D eigenvalue weighted by molar-refractivity contribution is 7.00. The topological polar surface area (TPSA) is 35.9 Å². The van der Waals surface area contributed by atoms with E-state index < -0.39 is 26.2 Å². The summed E-state index contributed by atoms with van der Waals surface area (Å²) in [5.74, 6) is 2.13. The fourth-order valence-electron chi connectivity index (χ4n) is 9.21. The number of hydrogen-bond donors (Lipinski definition) is 0. The molecule has 0 radical (unpaired) electrons. The summed E-state index contributed by atoms with van der Waals surface area (Å²) >= 11 is 0. The van der Waals surface area contributed by atoms with Gasteiger partial charge < -0.3 is 4.74 Å². The van der Waals surface area contributed by atoms with Crippen molar-refractivity contribution in [1.82, 2.24) is 14.1 Å². The normalized spacial score (nSPS) is 13.1. The Balaban J connectivity index is 1.06. The number of nitrogens with zero attached hydrogens (tertiary/aromatic N) is 4. The first-order valence-electron chi connectivity index (χ1n) is 24.8. The van der Waals surface area contributed by atoms with Crippen LogP contribution in [0.15, 0.2) is 212 Å². The lowest BCUT2D eigenvalue weighted by Crippen LogP contribution is -2.52. The van der Waals surface area contributed by atoms with E-state index in [4.69, 9.17) is 13.8 Å². The molecule has 0 aliphatic carbocycles. The minimum absolute atomic E-state index is 0.0547. The van der Waals surface area contributed by atoms with Gasteiger partial charge in [0.15, 0.2) is 0 Å². The van der Waals surface area contributed by atoms with Crippen LogP contribution in [0.25, 0.3) is 72.3 Å². The first-order chi connectivity index (χ1) is 34.2. The smallest absolute Gasteiger partial charge is 0.269 e. The van der Waals surface area contributed by atoms with E-state index in [1.807, 2.05) is 94.2 Å². The molecule has 6 heteroatoms. The van der Waals surface area contributed by atoms with Gasteiger partial charge in [-0.25, -0.2) is 4.98 Å². The van der Waals surface area contributed by atoms with Gasteiger partial charge in [-0.15, -0.1) is 0 Å². The molecule has 3 heterocycles. The van der Waals surface area contributed by atoms with Gasteiger partial charge in [0.25, 0.3) is 6.33 Å². The number of hydrogen-bond acceptors (Lipinski definition) is 2. The molecule has 0 spiro atoms. The maximum atomic E-state index is 9.19. The third-order valence-electron chi connectivity index (χ3n) is 12.8. The summed E-state index contributed by atoms with van der Waals surface area (Å²) in [5.41, 5.74) is 8.61. The molecule has 0 saturated carbocycles. The zero-order chi connectivity index (χ0) is 49.3. The summed E-state index contributed by atoms with van der Waals surface area (Å²) in [6, 6.07) is 58.0. The number of aromatic nitrogens is 4. The largest absolute Gasteiger partial charge is 0.458 e. The second-order valence-corrected chi connectivity index (χ2v) is 22.7. The number of para-hydroxylation sites is 4. The molecule has 3 aromatic heterocycles. The monoisotopic (exact) mass is 875 g/mol. The summed E-state index contributed by atoms with van der Waals surface area (Å²) in [7, 11) is -2.16.